The number of amides is 1. The maximum absolute atomic E-state index is 12.9. The van der Waals surface area contributed by atoms with Crippen molar-refractivity contribution in [1.29, 1.82) is 0 Å². The minimum atomic E-state index is -0.00797. The van der Waals surface area contributed by atoms with E-state index >= 15 is 0 Å². The second-order valence-corrected chi connectivity index (χ2v) is 9.21. The summed E-state index contributed by atoms with van der Waals surface area (Å²) in [5.41, 5.74) is 1.94. The zero-order valence-corrected chi connectivity index (χ0v) is 19.0. The fourth-order valence-corrected chi connectivity index (χ4v) is 4.63. The Morgan fingerprint density at radius 1 is 1.06 bits per heavy atom. The van der Waals surface area contributed by atoms with Gasteiger partial charge in [0.05, 0.1) is 5.92 Å². The normalized spacial score (nSPS) is 21.0. The molecule has 2 aliphatic heterocycles. The number of carbonyl (C=O) groups is 1. The van der Waals surface area contributed by atoms with Gasteiger partial charge in [0.1, 0.15) is 11.9 Å². The van der Waals surface area contributed by atoms with Crippen LogP contribution in [0, 0.1) is 5.92 Å². The van der Waals surface area contributed by atoms with Crippen LogP contribution in [-0.4, -0.2) is 55.0 Å². The van der Waals surface area contributed by atoms with Crippen LogP contribution >= 0.6 is 11.6 Å². The van der Waals surface area contributed by atoms with Crippen molar-refractivity contribution in [3.8, 4) is 5.75 Å². The van der Waals surface area contributed by atoms with Gasteiger partial charge in [-0.25, -0.2) is 0 Å². The van der Waals surface area contributed by atoms with Gasteiger partial charge in [-0.1, -0.05) is 29.8 Å². The molecule has 2 fully saturated rings. The molecule has 31 heavy (non-hydrogen) atoms. The maximum Gasteiger partial charge on any atom is 0.228 e. The summed E-state index contributed by atoms with van der Waals surface area (Å²) < 4.78 is 6.10. The van der Waals surface area contributed by atoms with Gasteiger partial charge in [-0.05, 0) is 75.2 Å². The number of likely N-dealkylation sites (tertiary alicyclic amines) is 2. The van der Waals surface area contributed by atoms with Gasteiger partial charge in [0, 0.05) is 36.9 Å². The predicted octanol–water partition coefficient (Wildman–Crippen LogP) is 4.66. The number of carbonyl (C=O) groups excluding carboxylic acids is 1. The minimum Gasteiger partial charge on any atom is -0.490 e. The van der Waals surface area contributed by atoms with E-state index < -0.39 is 0 Å². The lowest BCUT2D eigenvalue weighted by Gasteiger charge is -2.32. The average molecular weight is 442 g/mol. The predicted molar refractivity (Wildman–Crippen MR) is 126 cm³/mol. The Balaban J connectivity index is 1.28. The third-order valence-corrected chi connectivity index (χ3v) is 6.69. The van der Waals surface area contributed by atoms with Gasteiger partial charge in [0.25, 0.3) is 0 Å². The van der Waals surface area contributed by atoms with Crippen molar-refractivity contribution in [2.75, 3.05) is 38.5 Å². The van der Waals surface area contributed by atoms with E-state index in [-0.39, 0.29) is 17.9 Å². The Hall–Kier alpha value is -2.08. The first-order valence-electron chi connectivity index (χ1n) is 11.3. The lowest BCUT2D eigenvalue weighted by atomic mass is 9.96. The van der Waals surface area contributed by atoms with E-state index in [0.29, 0.717) is 0 Å². The number of halogens is 1. The molecular formula is C25H32ClN3O2. The monoisotopic (exact) mass is 441 g/mol. The van der Waals surface area contributed by atoms with E-state index in [1.807, 2.05) is 42.5 Å². The molecule has 0 spiro atoms. The Morgan fingerprint density at radius 3 is 2.55 bits per heavy atom. The van der Waals surface area contributed by atoms with Crippen LogP contribution in [0.1, 0.15) is 31.2 Å². The summed E-state index contributed by atoms with van der Waals surface area (Å²) in [4.78, 5) is 17.5. The van der Waals surface area contributed by atoms with Crippen molar-refractivity contribution < 1.29 is 9.53 Å². The van der Waals surface area contributed by atoms with Crippen molar-refractivity contribution in [2.45, 2.75) is 38.3 Å². The van der Waals surface area contributed by atoms with Crippen molar-refractivity contribution in [2.24, 2.45) is 5.92 Å². The molecule has 0 aromatic heterocycles. The molecule has 0 bridgehead atoms. The molecule has 1 N–H and O–H groups in total. The quantitative estimate of drug-likeness (QED) is 0.707. The lowest BCUT2D eigenvalue weighted by molar-refractivity contribution is -0.121. The molecule has 2 saturated heterocycles. The summed E-state index contributed by atoms with van der Waals surface area (Å²) in [7, 11) is 2.15. The first-order valence-corrected chi connectivity index (χ1v) is 11.7. The van der Waals surface area contributed by atoms with Gasteiger partial charge in [0.2, 0.25) is 5.91 Å². The standard InChI is InChI=1S/C25H32ClN3O2/c1-28-15-12-23(13-16-28)31-22-10-8-21(9-11-22)27-25(30)20-6-4-14-29(18-20)17-19-5-2-3-7-24(19)26/h2-3,5,7-11,20,23H,4,6,12-18H2,1H3,(H,27,30)/t20-/m1/s1. The molecule has 0 unspecified atom stereocenters. The van der Waals surface area contributed by atoms with Crippen LogP contribution in [-0.2, 0) is 11.3 Å². The number of hydrogen-bond donors (Lipinski definition) is 1. The zero-order valence-electron chi connectivity index (χ0n) is 18.2. The van der Waals surface area contributed by atoms with Crippen LogP contribution in [0.25, 0.3) is 0 Å². The molecule has 4 rings (SSSR count). The van der Waals surface area contributed by atoms with Crippen LogP contribution in [0.5, 0.6) is 5.75 Å². The lowest BCUT2D eigenvalue weighted by Crippen LogP contribution is -2.40. The van der Waals surface area contributed by atoms with Crippen molar-refractivity contribution in [3.05, 3.63) is 59.1 Å². The Kier molecular flexibility index (Phi) is 7.49. The molecule has 1 amide bonds. The summed E-state index contributed by atoms with van der Waals surface area (Å²) in [6.07, 6.45) is 4.33. The van der Waals surface area contributed by atoms with Crippen molar-refractivity contribution in [1.82, 2.24) is 9.80 Å². The molecule has 2 aliphatic rings. The van der Waals surface area contributed by atoms with Crippen LogP contribution in [0.15, 0.2) is 48.5 Å². The number of piperidine rings is 2. The van der Waals surface area contributed by atoms with Gasteiger partial charge >= 0.3 is 0 Å². The van der Waals surface area contributed by atoms with E-state index in [9.17, 15) is 4.79 Å². The molecule has 6 heteroatoms. The van der Waals surface area contributed by atoms with Crippen LogP contribution in [0.2, 0.25) is 5.02 Å². The summed E-state index contributed by atoms with van der Waals surface area (Å²) in [5, 5.41) is 3.88. The van der Waals surface area contributed by atoms with Gasteiger partial charge in [0.15, 0.2) is 0 Å². The highest BCUT2D eigenvalue weighted by Gasteiger charge is 2.26. The van der Waals surface area contributed by atoms with E-state index in [4.69, 9.17) is 16.3 Å². The maximum atomic E-state index is 12.9. The number of benzene rings is 2. The fourth-order valence-electron chi connectivity index (χ4n) is 4.44. The SMILES string of the molecule is CN1CCC(Oc2ccc(NC(=O)[C@@H]3CCCN(Cc4ccccc4Cl)C3)cc2)CC1. The molecule has 2 aromatic rings. The summed E-state index contributed by atoms with van der Waals surface area (Å²) in [6, 6.07) is 15.7. The minimum absolute atomic E-state index is 0.00797. The molecule has 2 aromatic carbocycles. The summed E-state index contributed by atoms with van der Waals surface area (Å²) in [6.45, 7) is 4.69. The first-order chi connectivity index (χ1) is 15.1. The average Bonchev–Trinajstić information content (AvgIpc) is 2.78. The van der Waals surface area contributed by atoms with Crippen molar-refractivity contribution in [3.63, 3.8) is 0 Å². The van der Waals surface area contributed by atoms with E-state index in [2.05, 4.69) is 28.2 Å². The zero-order chi connectivity index (χ0) is 21.6. The number of nitrogens with zero attached hydrogens (tertiary/aromatic N) is 2. The highest BCUT2D eigenvalue weighted by Crippen LogP contribution is 2.24. The molecule has 1 atom stereocenters. The number of ether oxygens (including phenoxy) is 1. The van der Waals surface area contributed by atoms with Gasteiger partial charge in [-0.2, -0.15) is 0 Å². The third-order valence-electron chi connectivity index (χ3n) is 6.32. The molecular weight excluding hydrogens is 410 g/mol. The Bertz CT molecular complexity index is 865. The van der Waals surface area contributed by atoms with E-state index in [1.54, 1.807) is 0 Å². The third kappa shape index (κ3) is 6.22. The largest absolute Gasteiger partial charge is 0.490 e. The summed E-state index contributed by atoms with van der Waals surface area (Å²) in [5.74, 6) is 0.954. The second-order valence-electron chi connectivity index (χ2n) is 8.80. The van der Waals surface area contributed by atoms with Crippen molar-refractivity contribution >= 4 is 23.2 Å². The molecule has 166 valence electrons. The number of rotatable bonds is 6. The second kappa shape index (κ2) is 10.5. The van der Waals surface area contributed by atoms with E-state index in [1.165, 1.54) is 0 Å². The van der Waals surface area contributed by atoms with E-state index in [0.717, 1.165) is 80.4 Å². The molecule has 5 nitrogen and oxygen atoms in total. The van der Waals surface area contributed by atoms with Gasteiger partial charge in [-0.3, -0.25) is 9.69 Å². The molecule has 0 saturated carbocycles. The van der Waals surface area contributed by atoms with Gasteiger partial charge in [-0.15, -0.1) is 0 Å². The smallest absolute Gasteiger partial charge is 0.228 e. The topological polar surface area (TPSA) is 44.8 Å². The highest BCUT2D eigenvalue weighted by molar-refractivity contribution is 6.31. The number of nitrogens with one attached hydrogen (secondary N) is 1. The van der Waals surface area contributed by atoms with Gasteiger partial charge < -0.3 is 15.0 Å². The molecule has 2 heterocycles. The highest BCUT2D eigenvalue weighted by atomic mass is 35.5. The summed E-state index contributed by atoms with van der Waals surface area (Å²) >= 11 is 6.31. The fraction of sp³-hybridized carbons (Fsp3) is 0.480. The Morgan fingerprint density at radius 2 is 1.81 bits per heavy atom. The van der Waals surface area contributed by atoms with Crippen LogP contribution in [0.4, 0.5) is 5.69 Å². The number of anilines is 1. The number of hydrogen-bond acceptors (Lipinski definition) is 4. The van der Waals surface area contributed by atoms with Crippen LogP contribution in [0.3, 0.4) is 0 Å². The van der Waals surface area contributed by atoms with Crippen LogP contribution < -0.4 is 10.1 Å². The molecule has 0 aliphatic carbocycles. The first kappa shape index (κ1) is 22.1. The Labute approximate surface area is 190 Å². The molecule has 0 radical (unpaired) electrons.